The van der Waals surface area contributed by atoms with Crippen LogP contribution in [0.3, 0.4) is 0 Å². The van der Waals surface area contributed by atoms with Crippen molar-refractivity contribution in [2.24, 2.45) is 4.99 Å². The highest BCUT2D eigenvalue weighted by molar-refractivity contribution is 14.0. The number of aliphatic hydroxyl groups is 1. The second-order valence-corrected chi connectivity index (χ2v) is 8.13. The van der Waals surface area contributed by atoms with E-state index in [2.05, 4.69) is 20.9 Å². The van der Waals surface area contributed by atoms with Gasteiger partial charge < -0.3 is 20.5 Å². The second kappa shape index (κ2) is 13.7. The molecule has 0 heterocycles. The van der Waals surface area contributed by atoms with Crippen molar-refractivity contribution < 1.29 is 14.6 Å². The molecule has 172 valence electrons. The number of carbonyl (C=O) groups is 1. The van der Waals surface area contributed by atoms with E-state index in [-0.39, 0.29) is 24.0 Å². The number of nitrogens with one attached hydrogen (secondary N) is 3. The third-order valence-electron chi connectivity index (χ3n) is 4.50. The summed E-state index contributed by atoms with van der Waals surface area (Å²) in [6, 6.07) is 7.68. The highest BCUT2D eigenvalue weighted by atomic mass is 127. The van der Waals surface area contributed by atoms with E-state index in [9.17, 15) is 9.90 Å². The summed E-state index contributed by atoms with van der Waals surface area (Å²) < 4.78 is 5.25. The quantitative estimate of drug-likeness (QED) is 0.215. The normalized spacial score (nSPS) is 12.0. The fourth-order valence-corrected chi connectivity index (χ4v) is 2.54. The highest BCUT2D eigenvalue weighted by Gasteiger charge is 2.21. The van der Waals surface area contributed by atoms with Crippen LogP contribution in [0.1, 0.15) is 59.9 Å². The smallest absolute Gasteiger partial charge is 0.412 e. The van der Waals surface area contributed by atoms with Crippen LogP contribution in [-0.2, 0) is 11.2 Å². The summed E-state index contributed by atoms with van der Waals surface area (Å²) in [6.07, 6.45) is 1.70. The van der Waals surface area contributed by atoms with E-state index in [1.54, 1.807) is 0 Å². The molecule has 8 heteroatoms. The van der Waals surface area contributed by atoms with Gasteiger partial charge in [-0.3, -0.25) is 10.3 Å². The first-order chi connectivity index (χ1) is 13.6. The Morgan fingerprint density at radius 3 is 2.17 bits per heavy atom. The fraction of sp³-hybridized carbons (Fsp3) is 0.636. The number of halogens is 1. The molecular weight excluding hydrogens is 495 g/mol. The minimum absolute atomic E-state index is 0. The summed E-state index contributed by atoms with van der Waals surface area (Å²) in [4.78, 5) is 16.3. The number of aliphatic imine (C=N–C) groups is 1. The van der Waals surface area contributed by atoms with Gasteiger partial charge in [0.05, 0.1) is 12.1 Å². The van der Waals surface area contributed by atoms with Gasteiger partial charge in [0.1, 0.15) is 5.60 Å². The predicted molar refractivity (Wildman–Crippen MR) is 135 cm³/mol. The lowest BCUT2D eigenvalue weighted by Crippen LogP contribution is -2.40. The van der Waals surface area contributed by atoms with E-state index in [1.165, 1.54) is 0 Å². The predicted octanol–water partition coefficient (Wildman–Crippen LogP) is 4.30. The third-order valence-corrected chi connectivity index (χ3v) is 4.50. The van der Waals surface area contributed by atoms with Crippen LogP contribution in [0.4, 0.5) is 10.5 Å². The van der Waals surface area contributed by atoms with Crippen LogP contribution in [0, 0.1) is 0 Å². The zero-order valence-electron chi connectivity index (χ0n) is 19.2. The largest absolute Gasteiger partial charge is 0.444 e. The Morgan fingerprint density at radius 2 is 1.67 bits per heavy atom. The molecule has 0 aliphatic rings. The van der Waals surface area contributed by atoms with Gasteiger partial charge in [-0.05, 0) is 64.7 Å². The van der Waals surface area contributed by atoms with Crippen molar-refractivity contribution in [3.05, 3.63) is 29.8 Å². The van der Waals surface area contributed by atoms with Crippen molar-refractivity contribution in [3.63, 3.8) is 0 Å². The molecule has 0 atom stereocenters. The molecule has 7 nitrogen and oxygen atoms in total. The first kappa shape index (κ1) is 28.5. The number of amides is 1. The summed E-state index contributed by atoms with van der Waals surface area (Å²) in [6.45, 7) is 13.3. The maximum Gasteiger partial charge on any atom is 0.412 e. The molecule has 0 bridgehead atoms. The van der Waals surface area contributed by atoms with Crippen molar-refractivity contribution in [2.45, 2.75) is 72.0 Å². The number of anilines is 1. The first-order valence-electron chi connectivity index (χ1n) is 10.4. The van der Waals surface area contributed by atoms with Gasteiger partial charge in [-0.15, -0.1) is 24.0 Å². The number of guanidine groups is 1. The Bertz CT molecular complexity index is 653. The molecule has 30 heavy (non-hydrogen) atoms. The number of nitrogens with zero attached hydrogens (tertiary/aromatic N) is 1. The minimum Gasteiger partial charge on any atom is -0.444 e. The minimum atomic E-state index is -0.751. The molecule has 1 aromatic carbocycles. The zero-order chi connectivity index (χ0) is 21.9. The molecule has 1 aromatic rings. The van der Waals surface area contributed by atoms with Gasteiger partial charge in [-0.2, -0.15) is 0 Å². The van der Waals surface area contributed by atoms with Crippen LogP contribution < -0.4 is 16.0 Å². The molecule has 0 fully saturated rings. The van der Waals surface area contributed by atoms with Crippen LogP contribution in [0.15, 0.2) is 29.3 Å². The summed E-state index contributed by atoms with van der Waals surface area (Å²) in [5.74, 6) is 0.705. The van der Waals surface area contributed by atoms with E-state index in [0.29, 0.717) is 37.6 Å². The Labute approximate surface area is 198 Å². The molecule has 0 saturated carbocycles. The van der Waals surface area contributed by atoms with Crippen molar-refractivity contribution in [1.29, 1.82) is 0 Å². The molecule has 0 saturated heterocycles. The van der Waals surface area contributed by atoms with Gasteiger partial charge in [0.15, 0.2) is 5.96 Å². The molecule has 0 spiro atoms. The lowest BCUT2D eigenvalue weighted by Gasteiger charge is -2.23. The van der Waals surface area contributed by atoms with E-state index in [0.717, 1.165) is 18.5 Å². The number of hydrogen-bond acceptors (Lipinski definition) is 4. The molecule has 1 rings (SSSR count). The van der Waals surface area contributed by atoms with E-state index in [4.69, 9.17) is 4.74 Å². The van der Waals surface area contributed by atoms with Crippen LogP contribution >= 0.6 is 24.0 Å². The summed E-state index contributed by atoms with van der Waals surface area (Å²) >= 11 is 0. The Hall–Kier alpha value is -1.55. The van der Waals surface area contributed by atoms with Gasteiger partial charge >= 0.3 is 6.09 Å². The van der Waals surface area contributed by atoms with Crippen molar-refractivity contribution in [2.75, 3.05) is 25.0 Å². The van der Waals surface area contributed by atoms with Crippen molar-refractivity contribution >= 4 is 41.7 Å². The fourth-order valence-electron chi connectivity index (χ4n) is 2.54. The van der Waals surface area contributed by atoms with Gasteiger partial charge in [-0.1, -0.05) is 26.0 Å². The third kappa shape index (κ3) is 11.6. The number of carbonyl (C=O) groups excluding carboxylic acids is 1. The van der Waals surface area contributed by atoms with E-state index >= 15 is 0 Å². The van der Waals surface area contributed by atoms with Crippen LogP contribution in [-0.4, -0.2) is 48.0 Å². The molecule has 0 radical (unpaired) electrons. The monoisotopic (exact) mass is 534 g/mol. The maximum absolute atomic E-state index is 11.8. The van der Waals surface area contributed by atoms with Crippen LogP contribution in [0.5, 0.6) is 0 Å². The first-order valence-corrected chi connectivity index (χ1v) is 10.4. The van der Waals surface area contributed by atoms with Gasteiger partial charge in [0.25, 0.3) is 0 Å². The summed E-state index contributed by atoms with van der Waals surface area (Å²) in [5.41, 5.74) is 0.566. The highest BCUT2D eigenvalue weighted by Crippen LogP contribution is 2.15. The molecule has 0 unspecified atom stereocenters. The van der Waals surface area contributed by atoms with Crippen LogP contribution in [0.2, 0.25) is 0 Å². The molecule has 0 aliphatic carbocycles. The Kier molecular flexibility index (Phi) is 13.0. The average molecular weight is 534 g/mol. The number of benzene rings is 1. The standard InChI is InChI=1S/C22H38N4O3.HI/c1-7-22(28,8-2)16-25-19(23-9-3)24-15-14-17-10-12-18(13-11-17)26-20(27)29-21(4,5)6;/h10-13,28H,7-9,14-16H2,1-6H3,(H,26,27)(H2,23,24,25);1H. The van der Waals surface area contributed by atoms with Gasteiger partial charge in [0, 0.05) is 18.8 Å². The van der Waals surface area contributed by atoms with Crippen LogP contribution in [0.25, 0.3) is 0 Å². The van der Waals surface area contributed by atoms with Crippen molar-refractivity contribution in [3.8, 4) is 0 Å². The SMILES string of the molecule is CCNC(=NCC(O)(CC)CC)NCCc1ccc(NC(=O)OC(C)(C)C)cc1.I. The lowest BCUT2D eigenvalue weighted by atomic mass is 9.98. The Morgan fingerprint density at radius 1 is 1.07 bits per heavy atom. The number of rotatable bonds is 9. The summed E-state index contributed by atoms with van der Waals surface area (Å²) in [7, 11) is 0. The second-order valence-electron chi connectivity index (χ2n) is 8.13. The van der Waals surface area contributed by atoms with E-state index in [1.807, 2.05) is 65.8 Å². The molecule has 4 N–H and O–H groups in total. The van der Waals surface area contributed by atoms with E-state index < -0.39 is 17.3 Å². The van der Waals surface area contributed by atoms with Crippen molar-refractivity contribution in [1.82, 2.24) is 10.6 Å². The lowest BCUT2D eigenvalue weighted by molar-refractivity contribution is 0.0417. The van der Waals surface area contributed by atoms with Gasteiger partial charge in [-0.25, -0.2) is 4.79 Å². The number of ether oxygens (including phenoxy) is 1. The van der Waals surface area contributed by atoms with Gasteiger partial charge in [0.2, 0.25) is 0 Å². The molecule has 0 aliphatic heterocycles. The topological polar surface area (TPSA) is 95.0 Å². The zero-order valence-corrected chi connectivity index (χ0v) is 21.5. The molecular formula is C22H39IN4O3. The number of hydrogen-bond donors (Lipinski definition) is 4. The Balaban J connectivity index is 0.00000841. The maximum atomic E-state index is 11.8. The molecule has 0 aromatic heterocycles. The molecule has 1 amide bonds. The average Bonchev–Trinajstić information content (AvgIpc) is 2.65. The summed E-state index contributed by atoms with van der Waals surface area (Å²) in [5, 5.41) is 19.6.